The highest BCUT2D eigenvalue weighted by molar-refractivity contribution is 6.29. The standard InChI is InChI=1S/C7H10Cl2N2/c1-5(2)6-3-7(8)10-11(9)4-6/h3-5,10H,1-2H3. The summed E-state index contributed by atoms with van der Waals surface area (Å²) < 4.78 is 1.33. The highest BCUT2D eigenvalue weighted by Gasteiger charge is 2.09. The summed E-state index contributed by atoms with van der Waals surface area (Å²) in [5.41, 5.74) is 3.83. The molecular weight excluding hydrogens is 183 g/mol. The Labute approximate surface area is 76.5 Å². The molecule has 0 saturated carbocycles. The Morgan fingerprint density at radius 2 is 2.18 bits per heavy atom. The zero-order valence-corrected chi connectivity index (χ0v) is 7.95. The van der Waals surface area contributed by atoms with Crippen molar-refractivity contribution < 1.29 is 0 Å². The van der Waals surface area contributed by atoms with Gasteiger partial charge in [-0.2, -0.15) is 0 Å². The van der Waals surface area contributed by atoms with Crippen molar-refractivity contribution in [1.82, 2.24) is 9.95 Å². The third-order valence-electron chi connectivity index (χ3n) is 1.44. The summed E-state index contributed by atoms with van der Waals surface area (Å²) in [6, 6.07) is 0. The lowest BCUT2D eigenvalue weighted by Crippen LogP contribution is -2.26. The fourth-order valence-electron chi connectivity index (χ4n) is 0.797. The first kappa shape index (κ1) is 8.75. The lowest BCUT2D eigenvalue weighted by atomic mass is 10.0. The van der Waals surface area contributed by atoms with Crippen LogP contribution in [0.15, 0.2) is 23.0 Å². The van der Waals surface area contributed by atoms with Gasteiger partial charge >= 0.3 is 0 Å². The highest BCUT2D eigenvalue weighted by Crippen LogP contribution is 2.19. The number of hydrogen-bond acceptors (Lipinski definition) is 2. The Hall–Kier alpha value is -0.340. The van der Waals surface area contributed by atoms with Gasteiger partial charge < -0.3 is 0 Å². The molecule has 0 radical (unpaired) electrons. The van der Waals surface area contributed by atoms with E-state index in [2.05, 4.69) is 19.3 Å². The Balaban J connectivity index is 2.78. The van der Waals surface area contributed by atoms with Gasteiger partial charge in [-0.05, 0) is 17.6 Å². The number of halogens is 2. The summed E-state index contributed by atoms with van der Waals surface area (Å²) in [5.74, 6) is 0.437. The average molecular weight is 193 g/mol. The predicted octanol–water partition coefficient (Wildman–Crippen LogP) is 2.58. The van der Waals surface area contributed by atoms with Crippen LogP contribution < -0.4 is 5.43 Å². The molecule has 0 bridgehead atoms. The van der Waals surface area contributed by atoms with Gasteiger partial charge in [-0.25, -0.2) is 4.53 Å². The van der Waals surface area contributed by atoms with Crippen molar-refractivity contribution in [2.24, 2.45) is 5.92 Å². The van der Waals surface area contributed by atoms with Crippen LogP contribution in [0.1, 0.15) is 13.8 Å². The minimum Gasteiger partial charge on any atom is -0.273 e. The van der Waals surface area contributed by atoms with Gasteiger partial charge in [0.15, 0.2) is 0 Å². The zero-order chi connectivity index (χ0) is 8.43. The average Bonchev–Trinajstić information content (AvgIpc) is 1.85. The van der Waals surface area contributed by atoms with Crippen LogP contribution >= 0.6 is 23.4 Å². The van der Waals surface area contributed by atoms with E-state index in [4.69, 9.17) is 23.4 Å². The second kappa shape index (κ2) is 3.37. The summed E-state index contributed by atoms with van der Waals surface area (Å²) in [7, 11) is 0. The molecule has 0 unspecified atom stereocenters. The summed E-state index contributed by atoms with van der Waals surface area (Å²) >= 11 is 11.4. The Bertz CT molecular complexity index is 208. The lowest BCUT2D eigenvalue weighted by Gasteiger charge is -2.20. The van der Waals surface area contributed by atoms with Gasteiger partial charge in [0, 0.05) is 18.0 Å². The first-order valence-electron chi connectivity index (χ1n) is 3.40. The van der Waals surface area contributed by atoms with E-state index in [-0.39, 0.29) is 0 Å². The topological polar surface area (TPSA) is 15.3 Å². The van der Waals surface area contributed by atoms with Crippen LogP contribution in [0, 0.1) is 5.92 Å². The molecule has 1 heterocycles. The number of hydrogen-bond donors (Lipinski definition) is 1. The van der Waals surface area contributed by atoms with Crippen molar-refractivity contribution in [3.05, 3.63) is 23.0 Å². The summed E-state index contributed by atoms with van der Waals surface area (Å²) in [6.07, 6.45) is 3.67. The van der Waals surface area contributed by atoms with Crippen molar-refractivity contribution in [3.63, 3.8) is 0 Å². The van der Waals surface area contributed by atoms with Crippen molar-refractivity contribution >= 4 is 23.4 Å². The Morgan fingerprint density at radius 1 is 1.55 bits per heavy atom. The van der Waals surface area contributed by atoms with Crippen molar-refractivity contribution in [2.75, 3.05) is 0 Å². The monoisotopic (exact) mass is 192 g/mol. The van der Waals surface area contributed by atoms with Crippen molar-refractivity contribution in [2.45, 2.75) is 13.8 Å². The number of hydrazine groups is 1. The molecule has 0 fully saturated rings. The molecule has 11 heavy (non-hydrogen) atoms. The second-order valence-corrected chi connectivity index (χ2v) is 3.47. The smallest absolute Gasteiger partial charge is 0.122 e. The molecule has 4 heteroatoms. The van der Waals surface area contributed by atoms with Crippen LogP contribution in [0.4, 0.5) is 0 Å². The Morgan fingerprint density at radius 3 is 2.64 bits per heavy atom. The maximum atomic E-state index is 5.73. The highest BCUT2D eigenvalue weighted by atomic mass is 35.5. The van der Waals surface area contributed by atoms with E-state index in [1.807, 2.05) is 6.08 Å². The van der Waals surface area contributed by atoms with Crippen LogP contribution in [0.5, 0.6) is 0 Å². The molecule has 0 aromatic carbocycles. The molecule has 0 atom stereocenters. The molecule has 2 nitrogen and oxygen atoms in total. The van der Waals surface area contributed by atoms with Crippen LogP contribution in [0.2, 0.25) is 0 Å². The quantitative estimate of drug-likeness (QED) is 0.508. The first-order valence-corrected chi connectivity index (χ1v) is 4.12. The molecule has 0 saturated heterocycles. The van der Waals surface area contributed by atoms with E-state index in [9.17, 15) is 0 Å². The van der Waals surface area contributed by atoms with E-state index in [0.717, 1.165) is 5.57 Å². The van der Waals surface area contributed by atoms with Gasteiger partial charge in [0.05, 0.1) is 0 Å². The van der Waals surface area contributed by atoms with Crippen molar-refractivity contribution in [3.8, 4) is 0 Å². The van der Waals surface area contributed by atoms with Gasteiger partial charge in [0.1, 0.15) is 5.16 Å². The van der Waals surface area contributed by atoms with Gasteiger partial charge in [0.25, 0.3) is 0 Å². The lowest BCUT2D eigenvalue weighted by molar-refractivity contribution is 0.493. The van der Waals surface area contributed by atoms with Crippen LogP contribution in [-0.2, 0) is 0 Å². The van der Waals surface area contributed by atoms with Crippen LogP contribution in [0.25, 0.3) is 0 Å². The third-order valence-corrected chi connectivity index (χ3v) is 1.81. The molecular formula is C7H10Cl2N2. The van der Waals surface area contributed by atoms with E-state index >= 15 is 0 Å². The number of nitrogens with zero attached hydrogens (tertiary/aromatic N) is 1. The zero-order valence-electron chi connectivity index (χ0n) is 6.44. The SMILES string of the molecule is CC(C)C1=CN(Cl)NC(Cl)=C1. The largest absolute Gasteiger partial charge is 0.273 e. The number of allylic oxidation sites excluding steroid dienone is 2. The van der Waals surface area contributed by atoms with Crippen molar-refractivity contribution in [1.29, 1.82) is 0 Å². The molecule has 62 valence electrons. The first-order chi connectivity index (χ1) is 5.09. The van der Waals surface area contributed by atoms with Crippen LogP contribution in [0.3, 0.4) is 0 Å². The summed E-state index contributed by atoms with van der Waals surface area (Å²) in [6.45, 7) is 4.17. The van der Waals surface area contributed by atoms with Gasteiger partial charge in [-0.1, -0.05) is 25.4 Å². The van der Waals surface area contributed by atoms with E-state index in [1.165, 1.54) is 4.53 Å². The molecule has 0 aromatic heterocycles. The van der Waals surface area contributed by atoms with Gasteiger partial charge in [0.2, 0.25) is 0 Å². The normalized spacial score (nSPS) is 17.7. The molecule has 0 aromatic rings. The summed E-state index contributed by atoms with van der Waals surface area (Å²) in [5, 5.41) is 0.547. The van der Waals surface area contributed by atoms with E-state index in [0.29, 0.717) is 11.1 Å². The van der Waals surface area contributed by atoms with Crippen LogP contribution in [-0.4, -0.2) is 4.53 Å². The molecule has 0 spiro atoms. The number of rotatable bonds is 1. The molecule has 1 aliphatic heterocycles. The number of nitrogens with one attached hydrogen (secondary N) is 1. The van der Waals surface area contributed by atoms with E-state index in [1.54, 1.807) is 6.20 Å². The minimum atomic E-state index is 0.437. The fourth-order valence-corrected chi connectivity index (χ4v) is 1.26. The van der Waals surface area contributed by atoms with E-state index < -0.39 is 0 Å². The fraction of sp³-hybridized carbons (Fsp3) is 0.429. The van der Waals surface area contributed by atoms with Gasteiger partial charge in [-0.15, -0.1) is 0 Å². The maximum absolute atomic E-state index is 5.73. The Kier molecular flexibility index (Phi) is 2.68. The molecule has 0 aliphatic carbocycles. The molecule has 1 rings (SSSR count). The molecule has 1 aliphatic rings. The second-order valence-electron chi connectivity index (χ2n) is 2.70. The molecule has 0 amide bonds. The minimum absolute atomic E-state index is 0.437. The molecule has 1 N–H and O–H groups in total. The summed E-state index contributed by atoms with van der Waals surface area (Å²) in [4.78, 5) is 0. The van der Waals surface area contributed by atoms with Gasteiger partial charge in [-0.3, -0.25) is 5.43 Å². The third kappa shape index (κ3) is 2.31. The maximum Gasteiger partial charge on any atom is 0.122 e. The predicted molar refractivity (Wildman–Crippen MR) is 47.7 cm³/mol.